The maximum Gasteiger partial charge on any atom is 0.128 e. The van der Waals surface area contributed by atoms with Crippen molar-refractivity contribution >= 4 is 11.0 Å². The summed E-state index contributed by atoms with van der Waals surface area (Å²) < 4.78 is 21.4. The molecule has 0 unspecified atom stereocenters. The van der Waals surface area contributed by atoms with E-state index in [1.54, 1.807) is 13.2 Å². The van der Waals surface area contributed by atoms with E-state index in [0.717, 1.165) is 35.4 Å². The molecule has 0 bridgehead atoms. The lowest BCUT2D eigenvalue weighted by Gasteiger charge is -2.10. The number of rotatable bonds is 4. The van der Waals surface area contributed by atoms with Crippen molar-refractivity contribution in [3.63, 3.8) is 0 Å². The van der Waals surface area contributed by atoms with E-state index in [0.29, 0.717) is 18.0 Å². The Bertz CT molecular complexity index is 836. The summed E-state index contributed by atoms with van der Waals surface area (Å²) >= 11 is 0. The third-order valence-corrected chi connectivity index (χ3v) is 4.21. The molecule has 22 heavy (non-hydrogen) atoms. The van der Waals surface area contributed by atoms with Gasteiger partial charge in [0.25, 0.3) is 0 Å². The molecular weight excluding hydrogens is 279 g/mol. The summed E-state index contributed by atoms with van der Waals surface area (Å²) in [5.41, 5.74) is 2.64. The van der Waals surface area contributed by atoms with Crippen LogP contribution in [0.5, 0.6) is 5.75 Å². The molecule has 1 heterocycles. The van der Waals surface area contributed by atoms with Crippen molar-refractivity contribution in [3.05, 3.63) is 59.7 Å². The number of fused-ring (bicyclic) bond motifs is 1. The molecule has 2 aromatic carbocycles. The Morgan fingerprint density at radius 3 is 2.77 bits per heavy atom. The third-order valence-electron chi connectivity index (χ3n) is 4.21. The van der Waals surface area contributed by atoms with Crippen LogP contribution in [0.4, 0.5) is 4.39 Å². The van der Waals surface area contributed by atoms with Gasteiger partial charge in [-0.1, -0.05) is 18.2 Å². The number of nitrogens with zero attached hydrogens (tertiary/aromatic N) is 2. The molecule has 4 rings (SSSR count). The van der Waals surface area contributed by atoms with Crippen LogP contribution in [-0.4, -0.2) is 16.7 Å². The van der Waals surface area contributed by atoms with Crippen LogP contribution in [0.2, 0.25) is 0 Å². The Kier molecular flexibility index (Phi) is 3.10. The molecular formula is C18H17FN2O. The van der Waals surface area contributed by atoms with Crippen molar-refractivity contribution in [2.24, 2.45) is 0 Å². The normalized spacial score (nSPS) is 14.5. The molecule has 0 N–H and O–H groups in total. The van der Waals surface area contributed by atoms with Crippen molar-refractivity contribution < 1.29 is 9.13 Å². The minimum Gasteiger partial charge on any atom is -0.497 e. The van der Waals surface area contributed by atoms with Crippen molar-refractivity contribution in [1.29, 1.82) is 0 Å². The minimum absolute atomic E-state index is 0.167. The number of hydrogen-bond acceptors (Lipinski definition) is 2. The molecule has 3 nitrogen and oxygen atoms in total. The lowest BCUT2D eigenvalue weighted by Crippen LogP contribution is -2.05. The number of imidazole rings is 1. The molecule has 1 fully saturated rings. The second-order valence-corrected chi connectivity index (χ2v) is 5.78. The summed E-state index contributed by atoms with van der Waals surface area (Å²) in [5.74, 6) is 2.20. The predicted molar refractivity (Wildman–Crippen MR) is 83.8 cm³/mol. The third kappa shape index (κ3) is 2.25. The van der Waals surface area contributed by atoms with Crippen LogP contribution in [0.25, 0.3) is 11.0 Å². The van der Waals surface area contributed by atoms with E-state index >= 15 is 0 Å². The highest BCUT2D eigenvalue weighted by molar-refractivity contribution is 5.78. The van der Waals surface area contributed by atoms with E-state index in [9.17, 15) is 4.39 Å². The molecule has 112 valence electrons. The second kappa shape index (κ2) is 5.13. The SMILES string of the molecule is COc1ccc2c(c1)nc(C1CC1)n2Cc1ccccc1F. The molecule has 4 heteroatoms. The van der Waals surface area contributed by atoms with Crippen molar-refractivity contribution in [2.45, 2.75) is 25.3 Å². The average molecular weight is 296 g/mol. The van der Waals surface area contributed by atoms with Crippen LogP contribution in [0.15, 0.2) is 42.5 Å². The fourth-order valence-electron chi connectivity index (χ4n) is 2.87. The van der Waals surface area contributed by atoms with Gasteiger partial charge < -0.3 is 9.30 Å². The van der Waals surface area contributed by atoms with E-state index in [1.165, 1.54) is 6.07 Å². The molecule has 1 aliphatic rings. The summed E-state index contributed by atoms with van der Waals surface area (Å²) in [4.78, 5) is 4.77. The van der Waals surface area contributed by atoms with Crippen molar-refractivity contribution in [1.82, 2.24) is 9.55 Å². The molecule has 1 saturated carbocycles. The highest BCUT2D eigenvalue weighted by Gasteiger charge is 2.29. The Morgan fingerprint density at radius 1 is 1.23 bits per heavy atom. The summed E-state index contributed by atoms with van der Waals surface area (Å²) in [6, 6.07) is 12.8. The quantitative estimate of drug-likeness (QED) is 0.724. The summed E-state index contributed by atoms with van der Waals surface area (Å²) in [6.45, 7) is 0.515. The molecule has 1 aliphatic carbocycles. The van der Waals surface area contributed by atoms with Crippen molar-refractivity contribution in [3.8, 4) is 5.75 Å². The van der Waals surface area contributed by atoms with Gasteiger partial charge in [-0.3, -0.25) is 0 Å². The van der Waals surface area contributed by atoms with Gasteiger partial charge in [0.15, 0.2) is 0 Å². The predicted octanol–water partition coefficient (Wildman–Crippen LogP) is 4.11. The lowest BCUT2D eigenvalue weighted by atomic mass is 10.2. The smallest absolute Gasteiger partial charge is 0.128 e. The highest BCUT2D eigenvalue weighted by atomic mass is 19.1. The van der Waals surface area contributed by atoms with E-state index < -0.39 is 0 Å². The first-order valence-corrected chi connectivity index (χ1v) is 7.54. The summed E-state index contributed by atoms with van der Waals surface area (Å²) in [7, 11) is 1.65. The zero-order valence-electron chi connectivity index (χ0n) is 12.4. The van der Waals surface area contributed by atoms with Gasteiger partial charge in [0, 0.05) is 17.5 Å². The largest absolute Gasteiger partial charge is 0.497 e. The van der Waals surface area contributed by atoms with Crippen LogP contribution in [-0.2, 0) is 6.54 Å². The Balaban J connectivity index is 1.84. The molecule has 0 spiro atoms. The van der Waals surface area contributed by atoms with Crippen LogP contribution in [0.1, 0.15) is 30.1 Å². The first kappa shape index (κ1) is 13.3. The number of halogens is 1. The van der Waals surface area contributed by atoms with Gasteiger partial charge in [0.2, 0.25) is 0 Å². The highest BCUT2D eigenvalue weighted by Crippen LogP contribution is 2.41. The monoisotopic (exact) mass is 296 g/mol. The van der Waals surface area contributed by atoms with Gasteiger partial charge in [0.05, 0.1) is 24.7 Å². The zero-order chi connectivity index (χ0) is 15.1. The van der Waals surface area contributed by atoms with Crippen LogP contribution >= 0.6 is 0 Å². The molecule has 0 amide bonds. The van der Waals surface area contributed by atoms with Gasteiger partial charge in [-0.05, 0) is 31.0 Å². The number of benzene rings is 2. The Hall–Kier alpha value is -2.36. The maximum atomic E-state index is 14.0. The topological polar surface area (TPSA) is 27.1 Å². The van der Waals surface area contributed by atoms with E-state index in [-0.39, 0.29) is 5.82 Å². The molecule has 1 aromatic heterocycles. The van der Waals surface area contributed by atoms with Gasteiger partial charge in [-0.15, -0.1) is 0 Å². The van der Waals surface area contributed by atoms with E-state index in [1.807, 2.05) is 30.3 Å². The van der Waals surface area contributed by atoms with Crippen LogP contribution in [0, 0.1) is 5.82 Å². The van der Waals surface area contributed by atoms with Crippen LogP contribution < -0.4 is 4.74 Å². The van der Waals surface area contributed by atoms with Crippen LogP contribution in [0.3, 0.4) is 0 Å². The minimum atomic E-state index is -0.167. The summed E-state index contributed by atoms with van der Waals surface area (Å²) in [5, 5.41) is 0. The summed E-state index contributed by atoms with van der Waals surface area (Å²) in [6.07, 6.45) is 2.33. The zero-order valence-corrected chi connectivity index (χ0v) is 12.4. The van der Waals surface area contributed by atoms with E-state index in [4.69, 9.17) is 9.72 Å². The number of methoxy groups -OCH3 is 1. The fraction of sp³-hybridized carbons (Fsp3) is 0.278. The number of aromatic nitrogens is 2. The Morgan fingerprint density at radius 2 is 2.05 bits per heavy atom. The molecule has 0 aliphatic heterocycles. The molecule has 0 radical (unpaired) electrons. The molecule has 0 atom stereocenters. The standard InChI is InChI=1S/C18H17FN2O/c1-22-14-8-9-17-16(10-14)20-18(12-6-7-12)21(17)11-13-4-2-3-5-15(13)19/h2-5,8-10,12H,6-7,11H2,1H3. The maximum absolute atomic E-state index is 14.0. The van der Waals surface area contributed by atoms with E-state index in [2.05, 4.69) is 4.57 Å². The first-order valence-electron chi connectivity index (χ1n) is 7.54. The first-order chi connectivity index (χ1) is 10.8. The number of ether oxygens (including phenoxy) is 1. The van der Waals surface area contributed by atoms with Gasteiger partial charge in [0.1, 0.15) is 17.4 Å². The second-order valence-electron chi connectivity index (χ2n) is 5.78. The molecule has 3 aromatic rings. The number of hydrogen-bond donors (Lipinski definition) is 0. The van der Waals surface area contributed by atoms with Gasteiger partial charge in [-0.25, -0.2) is 9.37 Å². The average Bonchev–Trinajstić information content (AvgIpc) is 3.32. The van der Waals surface area contributed by atoms with Crippen molar-refractivity contribution in [2.75, 3.05) is 7.11 Å². The fourth-order valence-corrected chi connectivity index (χ4v) is 2.87. The van der Waals surface area contributed by atoms with Gasteiger partial charge >= 0.3 is 0 Å². The lowest BCUT2D eigenvalue weighted by molar-refractivity contribution is 0.415. The molecule has 0 saturated heterocycles. The van der Waals surface area contributed by atoms with Gasteiger partial charge in [-0.2, -0.15) is 0 Å². The Labute approximate surface area is 128 Å².